The molecule has 0 unspecified atom stereocenters. The average Bonchev–Trinajstić information content (AvgIpc) is 2.90. The topological polar surface area (TPSA) is 94.0 Å². The van der Waals surface area contributed by atoms with Gasteiger partial charge in [-0.3, -0.25) is 4.79 Å². The van der Waals surface area contributed by atoms with E-state index in [9.17, 15) is 14.7 Å². The van der Waals surface area contributed by atoms with Gasteiger partial charge in [0, 0.05) is 23.9 Å². The molecule has 3 amide bonds. The van der Waals surface area contributed by atoms with Crippen molar-refractivity contribution in [3.05, 3.63) is 95.6 Å². The minimum Gasteiger partial charge on any atom is -0.392 e. The molecule has 31 heavy (non-hydrogen) atoms. The molecule has 0 radical (unpaired) electrons. The molecular formula is C24H22N4O3. The summed E-state index contributed by atoms with van der Waals surface area (Å²) in [5.74, 6) is -0.349. The summed E-state index contributed by atoms with van der Waals surface area (Å²) in [6, 6.07) is 23.4. The number of aliphatic imine (C=N–C) groups is 1. The first kappa shape index (κ1) is 20.3. The van der Waals surface area contributed by atoms with Crippen molar-refractivity contribution >= 4 is 29.0 Å². The first-order valence-electron chi connectivity index (χ1n) is 9.84. The van der Waals surface area contributed by atoms with E-state index in [2.05, 4.69) is 15.6 Å². The van der Waals surface area contributed by atoms with Crippen LogP contribution in [0.3, 0.4) is 0 Å². The van der Waals surface area contributed by atoms with E-state index in [1.54, 1.807) is 31.3 Å². The Hall–Kier alpha value is -3.97. The fraction of sp³-hybridized carbons (Fsp3) is 0.125. The molecule has 0 bridgehead atoms. The smallest absolute Gasteiger partial charge is 0.321 e. The molecule has 1 aliphatic rings. The predicted octanol–water partition coefficient (Wildman–Crippen LogP) is 3.14. The third kappa shape index (κ3) is 4.31. The molecule has 0 spiro atoms. The van der Waals surface area contributed by atoms with Crippen LogP contribution in [0.5, 0.6) is 0 Å². The number of fused-ring (bicyclic) bond motifs is 1. The van der Waals surface area contributed by atoms with E-state index in [-0.39, 0.29) is 12.5 Å². The third-order valence-corrected chi connectivity index (χ3v) is 5.03. The molecule has 0 aromatic heterocycles. The predicted molar refractivity (Wildman–Crippen MR) is 120 cm³/mol. The molecule has 0 saturated heterocycles. The highest BCUT2D eigenvalue weighted by molar-refractivity contribution is 6.20. The number of nitrogens with one attached hydrogen (secondary N) is 2. The number of para-hydroxylation sites is 1. The Morgan fingerprint density at radius 3 is 2.55 bits per heavy atom. The van der Waals surface area contributed by atoms with Gasteiger partial charge in [0.15, 0.2) is 0 Å². The maximum Gasteiger partial charge on any atom is 0.321 e. The maximum atomic E-state index is 13.1. The van der Waals surface area contributed by atoms with Crippen LogP contribution in [-0.4, -0.2) is 36.0 Å². The van der Waals surface area contributed by atoms with Crippen LogP contribution < -0.4 is 15.5 Å². The Morgan fingerprint density at radius 2 is 1.77 bits per heavy atom. The number of amides is 3. The Morgan fingerprint density at radius 1 is 1.03 bits per heavy atom. The van der Waals surface area contributed by atoms with Gasteiger partial charge >= 0.3 is 6.03 Å². The Bertz CT molecular complexity index is 1140. The number of hydrogen-bond donors (Lipinski definition) is 3. The van der Waals surface area contributed by atoms with Gasteiger partial charge in [0.25, 0.3) is 5.91 Å². The molecule has 3 aromatic rings. The van der Waals surface area contributed by atoms with Gasteiger partial charge < -0.3 is 20.6 Å². The number of nitrogens with zero attached hydrogens (tertiary/aromatic N) is 2. The molecule has 3 N–H and O–H groups in total. The van der Waals surface area contributed by atoms with Gasteiger partial charge in [-0.05, 0) is 23.8 Å². The molecule has 7 nitrogen and oxygen atoms in total. The van der Waals surface area contributed by atoms with Crippen molar-refractivity contribution < 1.29 is 14.7 Å². The van der Waals surface area contributed by atoms with Crippen molar-refractivity contribution in [1.29, 1.82) is 0 Å². The largest absolute Gasteiger partial charge is 0.392 e. The second-order valence-electron chi connectivity index (χ2n) is 7.12. The number of likely N-dealkylation sites (N-methyl/N-ethyl adjacent to an activating group) is 1. The summed E-state index contributed by atoms with van der Waals surface area (Å²) in [6.45, 7) is -0.133. The molecule has 0 aliphatic carbocycles. The van der Waals surface area contributed by atoms with Crippen LogP contribution in [0.4, 0.5) is 16.2 Å². The van der Waals surface area contributed by atoms with Gasteiger partial charge in [-0.1, -0.05) is 60.7 Å². The number of carbonyl (C=O) groups excluding carboxylic acids is 2. The number of anilines is 2. The van der Waals surface area contributed by atoms with Gasteiger partial charge in [-0.2, -0.15) is 0 Å². The van der Waals surface area contributed by atoms with E-state index >= 15 is 0 Å². The first-order chi connectivity index (χ1) is 15.1. The van der Waals surface area contributed by atoms with E-state index in [0.717, 1.165) is 16.8 Å². The standard InChI is InChI=1S/C24H22N4O3/c1-28-20-13-6-5-12-19(20)21(17-9-3-2-4-10-17)26-22(23(28)30)27-24(31)25-18-11-7-8-16(14-18)15-29/h2-14,22,29H,15H2,1H3,(H2,25,27,31)/t22-/m0/s1. The molecule has 0 fully saturated rings. The first-order valence-corrected chi connectivity index (χ1v) is 9.84. The van der Waals surface area contributed by atoms with Crippen LogP contribution in [0.1, 0.15) is 16.7 Å². The highest BCUT2D eigenvalue weighted by atomic mass is 16.3. The molecule has 0 saturated carbocycles. The van der Waals surface area contributed by atoms with Crippen LogP contribution >= 0.6 is 0 Å². The third-order valence-electron chi connectivity index (χ3n) is 5.03. The second-order valence-corrected chi connectivity index (χ2v) is 7.12. The van der Waals surface area contributed by atoms with Crippen molar-refractivity contribution in [3.8, 4) is 0 Å². The summed E-state index contributed by atoms with van der Waals surface area (Å²) in [5.41, 5.74) is 4.18. The van der Waals surface area contributed by atoms with Gasteiger partial charge in [0.1, 0.15) is 0 Å². The molecule has 1 heterocycles. The van der Waals surface area contributed by atoms with Gasteiger partial charge in [-0.25, -0.2) is 9.79 Å². The highest BCUT2D eigenvalue weighted by Crippen LogP contribution is 2.27. The molecular weight excluding hydrogens is 392 g/mol. The fourth-order valence-electron chi connectivity index (χ4n) is 3.48. The van der Waals surface area contributed by atoms with E-state index in [1.807, 2.05) is 54.6 Å². The van der Waals surface area contributed by atoms with E-state index in [4.69, 9.17) is 0 Å². The number of benzodiazepines with no additional fused rings is 1. The zero-order valence-corrected chi connectivity index (χ0v) is 16.9. The number of urea groups is 1. The molecule has 7 heteroatoms. The summed E-state index contributed by atoms with van der Waals surface area (Å²) in [7, 11) is 1.67. The number of benzene rings is 3. The molecule has 1 aliphatic heterocycles. The lowest BCUT2D eigenvalue weighted by Crippen LogP contribution is -2.47. The average molecular weight is 414 g/mol. The van der Waals surface area contributed by atoms with Crippen molar-refractivity contribution in [2.75, 3.05) is 17.3 Å². The van der Waals surface area contributed by atoms with Crippen LogP contribution in [0, 0.1) is 0 Å². The number of hydrogen-bond acceptors (Lipinski definition) is 4. The molecule has 156 valence electrons. The van der Waals surface area contributed by atoms with Crippen molar-refractivity contribution in [1.82, 2.24) is 5.32 Å². The van der Waals surface area contributed by atoms with Crippen LogP contribution in [0.2, 0.25) is 0 Å². The van der Waals surface area contributed by atoms with Gasteiger partial charge in [0.2, 0.25) is 6.17 Å². The zero-order chi connectivity index (χ0) is 21.8. The highest BCUT2D eigenvalue weighted by Gasteiger charge is 2.30. The Kier molecular flexibility index (Phi) is 5.77. The summed E-state index contributed by atoms with van der Waals surface area (Å²) in [5, 5.41) is 14.6. The van der Waals surface area contributed by atoms with Crippen molar-refractivity contribution in [2.45, 2.75) is 12.8 Å². The minimum absolute atomic E-state index is 0.133. The minimum atomic E-state index is -1.10. The lowest BCUT2D eigenvalue weighted by atomic mass is 10.0. The summed E-state index contributed by atoms with van der Waals surface area (Å²) in [4.78, 5) is 31.9. The number of aliphatic hydroxyl groups is 1. The maximum absolute atomic E-state index is 13.1. The van der Waals surface area contributed by atoms with E-state index in [1.165, 1.54) is 4.90 Å². The van der Waals surface area contributed by atoms with Gasteiger partial charge in [0.05, 0.1) is 18.0 Å². The normalized spacial score (nSPS) is 15.5. The molecule has 4 rings (SSSR count). The van der Waals surface area contributed by atoms with Crippen LogP contribution in [-0.2, 0) is 11.4 Å². The van der Waals surface area contributed by atoms with E-state index in [0.29, 0.717) is 17.0 Å². The van der Waals surface area contributed by atoms with Crippen LogP contribution in [0.15, 0.2) is 83.9 Å². The molecule has 3 aromatic carbocycles. The van der Waals surface area contributed by atoms with E-state index < -0.39 is 12.2 Å². The summed E-state index contributed by atoms with van der Waals surface area (Å²) in [6.07, 6.45) is -1.10. The molecule has 1 atom stereocenters. The van der Waals surface area contributed by atoms with Crippen molar-refractivity contribution in [3.63, 3.8) is 0 Å². The second kappa shape index (κ2) is 8.81. The van der Waals surface area contributed by atoms with Crippen molar-refractivity contribution in [2.24, 2.45) is 4.99 Å². The Labute approximate surface area is 180 Å². The summed E-state index contributed by atoms with van der Waals surface area (Å²) < 4.78 is 0. The quantitative estimate of drug-likeness (QED) is 0.612. The fourth-order valence-corrected chi connectivity index (χ4v) is 3.48. The monoisotopic (exact) mass is 414 g/mol. The van der Waals surface area contributed by atoms with Gasteiger partial charge in [-0.15, -0.1) is 0 Å². The lowest BCUT2D eigenvalue weighted by Gasteiger charge is -2.21. The Balaban J connectivity index is 1.66. The number of rotatable bonds is 4. The number of aliphatic hydroxyl groups excluding tert-OH is 1. The summed E-state index contributed by atoms with van der Waals surface area (Å²) >= 11 is 0. The lowest BCUT2D eigenvalue weighted by molar-refractivity contribution is -0.119. The van der Waals surface area contributed by atoms with Crippen LogP contribution in [0.25, 0.3) is 0 Å². The SMILES string of the molecule is CN1C(=O)[C@H](NC(=O)Nc2cccc(CO)c2)N=C(c2ccccc2)c2ccccc21. The number of carbonyl (C=O) groups is 2. The zero-order valence-electron chi connectivity index (χ0n) is 16.9.